The number of rotatable bonds is 7. The molecule has 5 heteroatoms. The number of aliphatic hydroxyl groups is 1. The fourth-order valence-electron chi connectivity index (χ4n) is 1.82. The quantitative estimate of drug-likeness (QED) is 0.742. The van der Waals surface area contributed by atoms with E-state index in [9.17, 15) is 14.7 Å². The lowest BCUT2D eigenvalue weighted by atomic mass is 10.1. The summed E-state index contributed by atoms with van der Waals surface area (Å²) in [4.78, 5) is 23.9. The minimum Gasteiger partial charge on any atom is -0.464 e. The molecule has 2 atom stereocenters. The molecule has 5 nitrogen and oxygen atoms in total. The van der Waals surface area contributed by atoms with Gasteiger partial charge in [-0.3, -0.25) is 4.79 Å². The summed E-state index contributed by atoms with van der Waals surface area (Å²) in [6.07, 6.45) is 0.170. The molecule has 110 valence electrons. The average Bonchev–Trinajstić information content (AvgIpc) is 2.45. The molecular formula is C15H21NO4. The first-order valence-electron chi connectivity index (χ1n) is 6.80. The van der Waals surface area contributed by atoms with E-state index in [1.807, 2.05) is 6.92 Å². The second-order valence-corrected chi connectivity index (χ2v) is 4.43. The second kappa shape index (κ2) is 8.32. The van der Waals surface area contributed by atoms with E-state index in [2.05, 4.69) is 5.32 Å². The van der Waals surface area contributed by atoms with E-state index in [1.165, 1.54) is 0 Å². The zero-order chi connectivity index (χ0) is 15.0. The van der Waals surface area contributed by atoms with Crippen LogP contribution in [0.25, 0.3) is 0 Å². The Morgan fingerprint density at radius 1 is 1.25 bits per heavy atom. The van der Waals surface area contributed by atoms with Gasteiger partial charge in [0.05, 0.1) is 12.7 Å². The average molecular weight is 279 g/mol. The summed E-state index contributed by atoms with van der Waals surface area (Å²) in [6, 6.07) is 7.51. The highest BCUT2D eigenvalue weighted by Crippen LogP contribution is 2.07. The third-order valence-corrected chi connectivity index (χ3v) is 2.83. The van der Waals surface area contributed by atoms with E-state index < -0.39 is 24.0 Å². The molecule has 0 aliphatic carbocycles. The fraction of sp³-hybridized carbons (Fsp3) is 0.467. The molecule has 20 heavy (non-hydrogen) atoms. The highest BCUT2D eigenvalue weighted by atomic mass is 16.5. The molecule has 1 aromatic rings. The predicted octanol–water partition coefficient (Wildman–Crippen LogP) is 1.51. The molecule has 0 fully saturated rings. The molecule has 0 aliphatic heterocycles. The first-order valence-corrected chi connectivity index (χ1v) is 6.80. The summed E-state index contributed by atoms with van der Waals surface area (Å²) in [5, 5.41) is 12.5. The predicted molar refractivity (Wildman–Crippen MR) is 75.2 cm³/mol. The fourth-order valence-corrected chi connectivity index (χ4v) is 1.82. The molecule has 0 saturated heterocycles. The Hall–Kier alpha value is -1.88. The van der Waals surface area contributed by atoms with Crippen molar-refractivity contribution in [3.63, 3.8) is 0 Å². The van der Waals surface area contributed by atoms with Crippen LogP contribution < -0.4 is 5.32 Å². The van der Waals surface area contributed by atoms with Crippen molar-refractivity contribution in [3.05, 3.63) is 35.9 Å². The third-order valence-electron chi connectivity index (χ3n) is 2.83. The van der Waals surface area contributed by atoms with Crippen LogP contribution in [0.5, 0.6) is 0 Å². The van der Waals surface area contributed by atoms with Gasteiger partial charge in [-0.25, -0.2) is 4.79 Å². The van der Waals surface area contributed by atoms with Crippen molar-refractivity contribution < 1.29 is 19.4 Å². The SMILES string of the molecule is CCC[C@@H](O)[C@H](NC(=O)c1ccccc1)C(=O)OCC. The molecule has 2 N–H and O–H groups in total. The van der Waals surface area contributed by atoms with Crippen LogP contribution in [0, 0.1) is 0 Å². The minimum absolute atomic E-state index is 0.204. The molecule has 0 saturated carbocycles. The van der Waals surface area contributed by atoms with Gasteiger partial charge >= 0.3 is 5.97 Å². The van der Waals surface area contributed by atoms with Crippen molar-refractivity contribution in [2.75, 3.05) is 6.61 Å². The first-order chi connectivity index (χ1) is 9.60. The Kier molecular flexibility index (Phi) is 6.73. The second-order valence-electron chi connectivity index (χ2n) is 4.43. The van der Waals surface area contributed by atoms with E-state index >= 15 is 0 Å². The molecule has 0 bridgehead atoms. The van der Waals surface area contributed by atoms with Crippen molar-refractivity contribution >= 4 is 11.9 Å². The van der Waals surface area contributed by atoms with Gasteiger partial charge in [0.2, 0.25) is 0 Å². The number of ether oxygens (including phenoxy) is 1. The van der Waals surface area contributed by atoms with Gasteiger partial charge < -0.3 is 15.2 Å². The van der Waals surface area contributed by atoms with Gasteiger partial charge in [0.15, 0.2) is 6.04 Å². The molecule has 1 rings (SSSR count). The molecule has 0 aliphatic rings. The monoisotopic (exact) mass is 279 g/mol. The van der Waals surface area contributed by atoms with Gasteiger partial charge in [-0.15, -0.1) is 0 Å². The number of hydrogen-bond acceptors (Lipinski definition) is 4. The first kappa shape index (κ1) is 16.2. The summed E-state index contributed by atoms with van der Waals surface area (Å²) >= 11 is 0. The van der Waals surface area contributed by atoms with Crippen molar-refractivity contribution in [2.45, 2.75) is 38.8 Å². The Bertz CT molecular complexity index is 433. The van der Waals surface area contributed by atoms with Crippen molar-refractivity contribution in [3.8, 4) is 0 Å². The number of aliphatic hydroxyl groups excluding tert-OH is 1. The van der Waals surface area contributed by atoms with Crippen LogP contribution in [0.15, 0.2) is 30.3 Å². The number of hydrogen-bond donors (Lipinski definition) is 2. The standard InChI is InChI=1S/C15H21NO4/c1-3-8-12(17)13(15(19)20-4-2)16-14(18)11-9-6-5-7-10-11/h5-7,9-10,12-13,17H,3-4,8H2,1-2H3,(H,16,18)/t12-,13+/m1/s1. The normalized spacial score (nSPS) is 13.3. The van der Waals surface area contributed by atoms with Crippen molar-refractivity contribution in [2.24, 2.45) is 0 Å². The molecular weight excluding hydrogens is 258 g/mol. The summed E-state index contributed by atoms with van der Waals surface area (Å²) in [6.45, 7) is 3.78. The summed E-state index contributed by atoms with van der Waals surface area (Å²) < 4.78 is 4.89. The maximum absolute atomic E-state index is 12.0. The van der Waals surface area contributed by atoms with Crippen molar-refractivity contribution in [1.29, 1.82) is 0 Å². The summed E-state index contributed by atoms with van der Waals surface area (Å²) in [5.74, 6) is -1.02. The minimum atomic E-state index is -1.04. The number of carbonyl (C=O) groups excluding carboxylic acids is 2. The van der Waals surface area contributed by atoms with Crippen LogP contribution in [0.3, 0.4) is 0 Å². The highest BCUT2D eigenvalue weighted by molar-refractivity contribution is 5.96. The summed E-state index contributed by atoms with van der Waals surface area (Å²) in [7, 11) is 0. The maximum Gasteiger partial charge on any atom is 0.331 e. The molecule has 1 aromatic carbocycles. The molecule has 0 spiro atoms. The van der Waals surface area contributed by atoms with Gasteiger partial charge in [-0.2, -0.15) is 0 Å². The van der Waals surface area contributed by atoms with Gasteiger partial charge in [-0.05, 0) is 25.5 Å². The van der Waals surface area contributed by atoms with Crippen LogP contribution in [0.1, 0.15) is 37.0 Å². The largest absolute Gasteiger partial charge is 0.464 e. The number of benzene rings is 1. The van der Waals surface area contributed by atoms with Crippen molar-refractivity contribution in [1.82, 2.24) is 5.32 Å². The van der Waals surface area contributed by atoms with Crippen LogP contribution in [-0.4, -0.2) is 35.7 Å². The van der Waals surface area contributed by atoms with E-state index in [0.717, 1.165) is 0 Å². The topological polar surface area (TPSA) is 75.6 Å². The summed E-state index contributed by atoms with van der Waals surface area (Å²) in [5.41, 5.74) is 0.436. The van der Waals surface area contributed by atoms with E-state index in [0.29, 0.717) is 18.4 Å². The van der Waals surface area contributed by atoms with Gasteiger partial charge in [0.1, 0.15) is 0 Å². The smallest absolute Gasteiger partial charge is 0.331 e. The van der Waals surface area contributed by atoms with Crippen LogP contribution in [0.2, 0.25) is 0 Å². The lowest BCUT2D eigenvalue weighted by Crippen LogP contribution is -2.49. The zero-order valence-electron chi connectivity index (χ0n) is 11.8. The molecule has 0 aromatic heterocycles. The highest BCUT2D eigenvalue weighted by Gasteiger charge is 2.29. The van der Waals surface area contributed by atoms with E-state index in [1.54, 1.807) is 37.3 Å². The number of esters is 1. The van der Waals surface area contributed by atoms with Crippen LogP contribution >= 0.6 is 0 Å². The van der Waals surface area contributed by atoms with Gasteiger partial charge in [0.25, 0.3) is 5.91 Å². The molecule has 1 amide bonds. The number of nitrogens with one attached hydrogen (secondary N) is 1. The number of carbonyl (C=O) groups is 2. The number of amides is 1. The molecule has 0 unspecified atom stereocenters. The maximum atomic E-state index is 12.0. The van der Waals surface area contributed by atoms with Gasteiger partial charge in [-0.1, -0.05) is 31.5 Å². The van der Waals surface area contributed by atoms with E-state index in [4.69, 9.17) is 4.74 Å². The molecule has 0 radical (unpaired) electrons. The lowest BCUT2D eigenvalue weighted by molar-refractivity contribution is -0.148. The Morgan fingerprint density at radius 3 is 2.45 bits per heavy atom. The Labute approximate surface area is 118 Å². The third kappa shape index (κ3) is 4.66. The Balaban J connectivity index is 2.78. The lowest BCUT2D eigenvalue weighted by Gasteiger charge is -2.22. The van der Waals surface area contributed by atoms with Crippen LogP contribution in [-0.2, 0) is 9.53 Å². The zero-order valence-corrected chi connectivity index (χ0v) is 11.8. The van der Waals surface area contributed by atoms with Gasteiger partial charge in [0, 0.05) is 5.56 Å². The Morgan fingerprint density at radius 2 is 1.90 bits per heavy atom. The molecule has 0 heterocycles. The van der Waals surface area contributed by atoms with E-state index in [-0.39, 0.29) is 6.61 Å². The van der Waals surface area contributed by atoms with Crippen LogP contribution in [0.4, 0.5) is 0 Å².